The third-order valence-corrected chi connectivity index (χ3v) is 5.69. The highest BCUT2D eigenvalue weighted by molar-refractivity contribution is 5.93. The first-order chi connectivity index (χ1) is 15.5. The van der Waals surface area contributed by atoms with E-state index >= 15 is 0 Å². The molecular formula is C25H26N4O3. The molecule has 2 heterocycles. The van der Waals surface area contributed by atoms with Gasteiger partial charge in [-0.25, -0.2) is 4.79 Å². The number of amides is 1. The van der Waals surface area contributed by atoms with Crippen molar-refractivity contribution in [1.29, 1.82) is 0 Å². The standard InChI is InChI=1S/C25H26N4O3/c1-16-24(27-23(30)13-12-18-14-26-22-11-7-6-9-20(18)22)17(2)29(28-16)15-19-8-4-5-10-21(19)25(31)32-3/h4-11,14,26H,12-13,15H2,1-3H3,(H,27,30). The van der Waals surface area contributed by atoms with E-state index in [1.807, 2.05) is 50.4 Å². The number of aromatic nitrogens is 3. The molecule has 1 amide bonds. The van der Waals surface area contributed by atoms with E-state index in [0.717, 1.165) is 33.4 Å². The van der Waals surface area contributed by atoms with E-state index in [4.69, 9.17) is 4.74 Å². The molecule has 0 aliphatic heterocycles. The summed E-state index contributed by atoms with van der Waals surface area (Å²) in [5, 5.41) is 8.74. The lowest BCUT2D eigenvalue weighted by Crippen LogP contribution is -2.14. The van der Waals surface area contributed by atoms with Gasteiger partial charge in [0, 0.05) is 23.5 Å². The molecule has 0 spiro atoms. The van der Waals surface area contributed by atoms with Gasteiger partial charge in [-0.2, -0.15) is 5.10 Å². The minimum atomic E-state index is -0.382. The summed E-state index contributed by atoms with van der Waals surface area (Å²) in [6.07, 6.45) is 2.98. The van der Waals surface area contributed by atoms with Crippen LogP contribution in [0.3, 0.4) is 0 Å². The zero-order valence-corrected chi connectivity index (χ0v) is 18.4. The van der Waals surface area contributed by atoms with Crippen LogP contribution in [-0.4, -0.2) is 33.8 Å². The average molecular weight is 431 g/mol. The van der Waals surface area contributed by atoms with Crippen LogP contribution in [0.1, 0.15) is 39.3 Å². The SMILES string of the molecule is COC(=O)c1ccccc1Cn1nc(C)c(NC(=O)CCc2c[nH]c3ccccc23)c1C. The van der Waals surface area contributed by atoms with Gasteiger partial charge < -0.3 is 15.0 Å². The number of hydrogen-bond donors (Lipinski definition) is 2. The van der Waals surface area contributed by atoms with Crippen LogP contribution < -0.4 is 5.32 Å². The number of hydrogen-bond acceptors (Lipinski definition) is 4. The first-order valence-corrected chi connectivity index (χ1v) is 10.5. The van der Waals surface area contributed by atoms with E-state index in [1.165, 1.54) is 7.11 Å². The topological polar surface area (TPSA) is 89.0 Å². The summed E-state index contributed by atoms with van der Waals surface area (Å²) in [5.74, 6) is -0.441. The number of methoxy groups -OCH3 is 1. The summed E-state index contributed by atoms with van der Waals surface area (Å²) in [6.45, 7) is 4.18. The number of aryl methyl sites for hydroxylation is 2. The smallest absolute Gasteiger partial charge is 0.338 e. The summed E-state index contributed by atoms with van der Waals surface area (Å²) >= 11 is 0. The average Bonchev–Trinajstić information content (AvgIpc) is 3.33. The number of aromatic amines is 1. The largest absolute Gasteiger partial charge is 0.465 e. The quantitative estimate of drug-likeness (QED) is 0.426. The molecule has 7 heteroatoms. The summed E-state index contributed by atoms with van der Waals surface area (Å²) < 4.78 is 6.68. The highest BCUT2D eigenvalue weighted by Gasteiger charge is 2.17. The predicted octanol–water partition coefficient (Wildman–Crippen LogP) is 4.39. The molecule has 0 saturated carbocycles. The van der Waals surface area contributed by atoms with E-state index < -0.39 is 0 Å². The molecule has 2 aromatic carbocycles. The number of anilines is 1. The van der Waals surface area contributed by atoms with Crippen LogP contribution in [-0.2, 0) is 22.5 Å². The Balaban J connectivity index is 1.46. The Morgan fingerprint density at radius 1 is 1.06 bits per heavy atom. The second-order valence-electron chi connectivity index (χ2n) is 7.76. The fraction of sp³-hybridized carbons (Fsp3) is 0.240. The highest BCUT2D eigenvalue weighted by Crippen LogP contribution is 2.23. The van der Waals surface area contributed by atoms with E-state index in [9.17, 15) is 9.59 Å². The molecule has 4 aromatic rings. The fourth-order valence-electron chi connectivity index (χ4n) is 3.95. The van der Waals surface area contributed by atoms with Gasteiger partial charge >= 0.3 is 5.97 Å². The Labute approximate surface area is 186 Å². The number of carbonyl (C=O) groups excluding carboxylic acids is 2. The first kappa shape index (κ1) is 21.4. The molecule has 4 rings (SSSR count). The fourth-order valence-corrected chi connectivity index (χ4v) is 3.95. The van der Waals surface area contributed by atoms with Crippen LogP contribution in [0, 0.1) is 13.8 Å². The lowest BCUT2D eigenvalue weighted by atomic mass is 10.1. The Kier molecular flexibility index (Phi) is 6.07. The molecule has 2 N–H and O–H groups in total. The number of benzene rings is 2. The summed E-state index contributed by atoms with van der Waals surface area (Å²) in [4.78, 5) is 28.0. The maximum atomic E-state index is 12.7. The maximum absolute atomic E-state index is 12.7. The second kappa shape index (κ2) is 9.09. The lowest BCUT2D eigenvalue weighted by Gasteiger charge is -2.10. The minimum Gasteiger partial charge on any atom is -0.465 e. The molecule has 32 heavy (non-hydrogen) atoms. The van der Waals surface area contributed by atoms with Gasteiger partial charge in [-0.3, -0.25) is 9.48 Å². The molecule has 0 saturated heterocycles. The van der Waals surface area contributed by atoms with Crippen molar-refractivity contribution in [1.82, 2.24) is 14.8 Å². The second-order valence-corrected chi connectivity index (χ2v) is 7.76. The summed E-state index contributed by atoms with van der Waals surface area (Å²) in [7, 11) is 1.37. The Bertz CT molecular complexity index is 1290. The number of nitrogens with one attached hydrogen (secondary N) is 2. The van der Waals surface area contributed by atoms with Gasteiger partial charge in [0.15, 0.2) is 0 Å². The van der Waals surface area contributed by atoms with Gasteiger partial charge in [-0.15, -0.1) is 0 Å². The molecule has 0 atom stereocenters. The van der Waals surface area contributed by atoms with Crippen molar-refractivity contribution in [2.45, 2.75) is 33.2 Å². The van der Waals surface area contributed by atoms with E-state index in [-0.39, 0.29) is 11.9 Å². The molecule has 7 nitrogen and oxygen atoms in total. The van der Waals surface area contributed by atoms with Crippen LogP contribution >= 0.6 is 0 Å². The molecule has 0 fully saturated rings. The molecule has 0 unspecified atom stereocenters. The van der Waals surface area contributed by atoms with Crippen LogP contribution in [0.25, 0.3) is 10.9 Å². The van der Waals surface area contributed by atoms with Crippen LogP contribution in [0.2, 0.25) is 0 Å². The molecule has 0 aliphatic rings. The molecule has 164 valence electrons. The van der Waals surface area contributed by atoms with Crippen molar-refractivity contribution >= 4 is 28.5 Å². The van der Waals surface area contributed by atoms with Crippen molar-refractivity contribution in [2.24, 2.45) is 0 Å². The zero-order chi connectivity index (χ0) is 22.7. The van der Waals surface area contributed by atoms with Crippen molar-refractivity contribution in [3.05, 3.63) is 82.8 Å². The monoisotopic (exact) mass is 430 g/mol. The highest BCUT2D eigenvalue weighted by atomic mass is 16.5. The van der Waals surface area contributed by atoms with Crippen molar-refractivity contribution in [3.63, 3.8) is 0 Å². The van der Waals surface area contributed by atoms with Crippen molar-refractivity contribution < 1.29 is 14.3 Å². The Hall–Kier alpha value is -3.87. The van der Waals surface area contributed by atoms with E-state index in [0.29, 0.717) is 30.6 Å². The van der Waals surface area contributed by atoms with Gasteiger partial charge in [0.1, 0.15) is 0 Å². The maximum Gasteiger partial charge on any atom is 0.338 e. The van der Waals surface area contributed by atoms with Crippen LogP contribution in [0.5, 0.6) is 0 Å². The normalized spacial score (nSPS) is 11.0. The first-order valence-electron chi connectivity index (χ1n) is 10.5. The number of para-hydroxylation sites is 1. The van der Waals surface area contributed by atoms with Gasteiger partial charge in [-0.1, -0.05) is 36.4 Å². The molecule has 0 bridgehead atoms. The Morgan fingerprint density at radius 2 is 1.81 bits per heavy atom. The number of esters is 1. The van der Waals surface area contributed by atoms with Crippen molar-refractivity contribution in [2.75, 3.05) is 12.4 Å². The third-order valence-electron chi connectivity index (χ3n) is 5.69. The van der Waals surface area contributed by atoms with E-state index in [1.54, 1.807) is 16.8 Å². The molecule has 0 aliphatic carbocycles. The zero-order valence-electron chi connectivity index (χ0n) is 18.4. The molecule has 0 radical (unpaired) electrons. The van der Waals surface area contributed by atoms with Gasteiger partial charge in [-0.05, 0) is 43.5 Å². The number of rotatable bonds is 7. The van der Waals surface area contributed by atoms with Crippen LogP contribution in [0.15, 0.2) is 54.7 Å². The summed E-state index contributed by atoms with van der Waals surface area (Å²) in [6, 6.07) is 15.4. The number of fused-ring (bicyclic) bond motifs is 1. The minimum absolute atomic E-state index is 0.0593. The van der Waals surface area contributed by atoms with Crippen molar-refractivity contribution in [3.8, 4) is 0 Å². The van der Waals surface area contributed by atoms with E-state index in [2.05, 4.69) is 21.5 Å². The van der Waals surface area contributed by atoms with Gasteiger partial charge in [0.05, 0.1) is 36.3 Å². The van der Waals surface area contributed by atoms with Gasteiger partial charge in [0.25, 0.3) is 0 Å². The predicted molar refractivity (Wildman–Crippen MR) is 124 cm³/mol. The van der Waals surface area contributed by atoms with Gasteiger partial charge in [0.2, 0.25) is 5.91 Å². The molecular weight excluding hydrogens is 404 g/mol. The molecule has 2 aromatic heterocycles. The Morgan fingerprint density at radius 3 is 2.62 bits per heavy atom. The van der Waals surface area contributed by atoms with Crippen LogP contribution in [0.4, 0.5) is 5.69 Å². The summed E-state index contributed by atoms with van der Waals surface area (Å²) in [5.41, 5.74) is 5.79. The third kappa shape index (κ3) is 4.27. The number of ether oxygens (including phenoxy) is 1. The number of H-pyrrole nitrogens is 1. The lowest BCUT2D eigenvalue weighted by molar-refractivity contribution is -0.116. The number of carbonyl (C=O) groups is 2. The number of nitrogens with zero attached hydrogens (tertiary/aromatic N) is 2.